The highest BCUT2D eigenvalue weighted by Crippen LogP contribution is 2.30. The van der Waals surface area contributed by atoms with Crippen molar-refractivity contribution < 1.29 is 8.42 Å². The molecular weight excluding hydrogens is 280 g/mol. The van der Waals surface area contributed by atoms with Gasteiger partial charge in [-0.1, -0.05) is 6.07 Å². The van der Waals surface area contributed by atoms with E-state index in [-0.39, 0.29) is 23.6 Å². The molecule has 0 aromatic heterocycles. The van der Waals surface area contributed by atoms with Crippen LogP contribution in [0.2, 0.25) is 0 Å². The molecule has 2 saturated heterocycles. The van der Waals surface area contributed by atoms with Crippen molar-refractivity contribution in [3.63, 3.8) is 0 Å². The Bertz CT molecular complexity index is 634. The third-order valence-corrected chi connectivity index (χ3v) is 5.70. The van der Waals surface area contributed by atoms with Gasteiger partial charge in [0.05, 0.1) is 23.6 Å². The minimum absolute atomic E-state index is 0.0706. The van der Waals surface area contributed by atoms with Crippen molar-refractivity contribution in [3.05, 3.63) is 29.3 Å². The topological polar surface area (TPSA) is 49.4 Å². The molecule has 0 radical (unpaired) electrons. The molecule has 102 valence electrons. The number of nitrogens with one attached hydrogen (secondary N) is 1. The first-order valence-corrected chi connectivity index (χ1v) is 8.47. The van der Waals surface area contributed by atoms with Crippen LogP contribution in [0.1, 0.15) is 11.1 Å². The fourth-order valence-electron chi connectivity index (χ4n) is 3.00. The Balaban J connectivity index is 2.02. The van der Waals surface area contributed by atoms with Gasteiger partial charge in [0.1, 0.15) is 0 Å². The van der Waals surface area contributed by atoms with Gasteiger partial charge in [-0.05, 0) is 49.3 Å². The van der Waals surface area contributed by atoms with Gasteiger partial charge in [-0.15, -0.1) is 0 Å². The first kappa shape index (κ1) is 12.9. The number of nitrogens with zero attached hydrogens (tertiary/aromatic N) is 1. The predicted molar refractivity (Wildman–Crippen MR) is 80.4 cm³/mol. The molecule has 6 heteroatoms. The van der Waals surface area contributed by atoms with Gasteiger partial charge in [-0.25, -0.2) is 8.42 Å². The Kier molecular flexibility index (Phi) is 2.83. The Hall–Kier alpha value is -1.14. The number of sulfone groups is 1. The minimum atomic E-state index is -2.95. The van der Waals surface area contributed by atoms with Gasteiger partial charge in [-0.2, -0.15) is 0 Å². The van der Waals surface area contributed by atoms with Crippen molar-refractivity contribution >= 4 is 32.9 Å². The van der Waals surface area contributed by atoms with Crippen molar-refractivity contribution in [2.45, 2.75) is 25.9 Å². The van der Waals surface area contributed by atoms with Crippen LogP contribution in [0.15, 0.2) is 18.2 Å². The van der Waals surface area contributed by atoms with Crippen LogP contribution in [0, 0.1) is 13.8 Å². The maximum absolute atomic E-state index is 11.8. The fourth-order valence-corrected chi connectivity index (χ4v) is 5.28. The molecule has 0 unspecified atom stereocenters. The van der Waals surface area contributed by atoms with Crippen LogP contribution in [-0.4, -0.2) is 37.1 Å². The minimum Gasteiger partial charge on any atom is -0.356 e. The normalized spacial score (nSPS) is 28.3. The zero-order valence-electron chi connectivity index (χ0n) is 10.9. The zero-order valence-corrected chi connectivity index (χ0v) is 12.5. The van der Waals surface area contributed by atoms with E-state index in [2.05, 4.69) is 11.4 Å². The van der Waals surface area contributed by atoms with E-state index in [0.29, 0.717) is 5.11 Å². The molecule has 1 aromatic rings. The maximum atomic E-state index is 11.8. The van der Waals surface area contributed by atoms with Crippen molar-refractivity contribution in [2.75, 3.05) is 16.4 Å². The van der Waals surface area contributed by atoms with Gasteiger partial charge in [0.15, 0.2) is 14.9 Å². The molecular formula is C13H16N2O2S2. The van der Waals surface area contributed by atoms with Gasteiger partial charge in [0, 0.05) is 5.69 Å². The number of aryl methyl sites for hydroxylation is 2. The maximum Gasteiger partial charge on any atom is 0.174 e. The molecule has 1 N–H and O–H groups in total. The molecule has 0 spiro atoms. The lowest BCUT2D eigenvalue weighted by molar-refractivity contribution is 0.600. The summed E-state index contributed by atoms with van der Waals surface area (Å²) < 4.78 is 23.5. The van der Waals surface area contributed by atoms with Crippen molar-refractivity contribution in [2.24, 2.45) is 0 Å². The summed E-state index contributed by atoms with van der Waals surface area (Å²) in [6.45, 7) is 4.07. The van der Waals surface area contributed by atoms with Crippen LogP contribution < -0.4 is 10.2 Å². The highest BCUT2D eigenvalue weighted by atomic mass is 32.2. The Morgan fingerprint density at radius 2 is 1.84 bits per heavy atom. The smallest absolute Gasteiger partial charge is 0.174 e. The van der Waals surface area contributed by atoms with E-state index in [1.165, 1.54) is 0 Å². The number of rotatable bonds is 1. The lowest BCUT2D eigenvalue weighted by Crippen LogP contribution is -2.36. The number of benzene rings is 1. The number of hydrogen-bond donors (Lipinski definition) is 1. The molecule has 2 aliphatic heterocycles. The van der Waals surface area contributed by atoms with Gasteiger partial charge in [0.2, 0.25) is 0 Å². The third-order valence-electron chi connectivity index (χ3n) is 3.67. The molecule has 2 heterocycles. The SMILES string of the molecule is Cc1cc(C)cc(N2C(=S)N[C@@H]3CS(=O)(=O)C[C@H]32)c1. The van der Waals surface area contributed by atoms with Gasteiger partial charge >= 0.3 is 0 Å². The summed E-state index contributed by atoms with van der Waals surface area (Å²) in [7, 11) is -2.95. The largest absolute Gasteiger partial charge is 0.356 e. The van der Waals surface area contributed by atoms with E-state index in [9.17, 15) is 8.42 Å². The fraction of sp³-hybridized carbons (Fsp3) is 0.462. The molecule has 2 aliphatic rings. The lowest BCUT2D eigenvalue weighted by atomic mass is 10.1. The molecule has 0 saturated carbocycles. The van der Waals surface area contributed by atoms with E-state index >= 15 is 0 Å². The van der Waals surface area contributed by atoms with Crippen LogP contribution in [0.3, 0.4) is 0 Å². The van der Waals surface area contributed by atoms with E-state index in [1.807, 2.05) is 30.9 Å². The second-order valence-electron chi connectivity index (χ2n) is 5.42. The van der Waals surface area contributed by atoms with Crippen LogP contribution in [0.5, 0.6) is 0 Å². The lowest BCUT2D eigenvalue weighted by Gasteiger charge is -2.24. The van der Waals surface area contributed by atoms with Crippen LogP contribution in [-0.2, 0) is 9.84 Å². The van der Waals surface area contributed by atoms with Crippen LogP contribution >= 0.6 is 12.2 Å². The van der Waals surface area contributed by atoms with E-state index in [1.54, 1.807) is 0 Å². The Labute approximate surface area is 118 Å². The summed E-state index contributed by atoms with van der Waals surface area (Å²) >= 11 is 5.36. The monoisotopic (exact) mass is 296 g/mol. The van der Waals surface area contributed by atoms with Gasteiger partial charge in [0.25, 0.3) is 0 Å². The summed E-state index contributed by atoms with van der Waals surface area (Å²) in [5.74, 6) is 0.358. The molecule has 0 bridgehead atoms. The third kappa shape index (κ3) is 2.23. The highest BCUT2D eigenvalue weighted by Gasteiger charge is 2.47. The first-order valence-electron chi connectivity index (χ1n) is 6.24. The van der Waals surface area contributed by atoms with Gasteiger partial charge in [-0.3, -0.25) is 0 Å². The molecule has 0 amide bonds. The van der Waals surface area contributed by atoms with Crippen LogP contribution in [0.4, 0.5) is 5.69 Å². The molecule has 2 fully saturated rings. The summed E-state index contributed by atoms with van der Waals surface area (Å²) in [4.78, 5) is 1.96. The molecule has 0 aliphatic carbocycles. The van der Waals surface area contributed by atoms with Crippen molar-refractivity contribution in [1.82, 2.24) is 5.32 Å². The average Bonchev–Trinajstić information content (AvgIpc) is 2.66. The number of hydrogen-bond acceptors (Lipinski definition) is 3. The van der Waals surface area contributed by atoms with Crippen molar-refractivity contribution in [3.8, 4) is 0 Å². The second-order valence-corrected chi connectivity index (χ2v) is 7.96. The number of anilines is 1. The highest BCUT2D eigenvalue weighted by molar-refractivity contribution is 7.91. The van der Waals surface area contributed by atoms with E-state index < -0.39 is 9.84 Å². The summed E-state index contributed by atoms with van der Waals surface area (Å²) in [5.41, 5.74) is 3.30. The molecule has 1 aromatic carbocycles. The average molecular weight is 296 g/mol. The Morgan fingerprint density at radius 3 is 2.47 bits per heavy atom. The van der Waals surface area contributed by atoms with E-state index in [0.717, 1.165) is 16.8 Å². The molecule has 19 heavy (non-hydrogen) atoms. The summed E-state index contributed by atoms with van der Waals surface area (Å²) in [5, 5.41) is 3.77. The quantitative estimate of drug-likeness (QED) is 0.788. The zero-order chi connectivity index (χ0) is 13.8. The van der Waals surface area contributed by atoms with E-state index in [4.69, 9.17) is 12.2 Å². The second kappa shape index (κ2) is 4.18. The molecule has 3 rings (SSSR count). The number of fused-ring (bicyclic) bond motifs is 1. The number of thiocarbonyl (C=S) groups is 1. The Morgan fingerprint density at radius 1 is 1.21 bits per heavy atom. The standard InChI is InChI=1S/C13H16N2O2S2/c1-8-3-9(2)5-10(4-8)15-12-7-19(16,17)6-11(12)14-13(15)18/h3-5,11-12H,6-7H2,1-2H3,(H,14,18)/t11-,12-/m1/s1. The van der Waals surface area contributed by atoms with Crippen LogP contribution in [0.25, 0.3) is 0 Å². The van der Waals surface area contributed by atoms with Crippen molar-refractivity contribution in [1.29, 1.82) is 0 Å². The predicted octanol–water partition coefficient (Wildman–Crippen LogP) is 1.16. The van der Waals surface area contributed by atoms with Gasteiger partial charge < -0.3 is 10.2 Å². The molecule has 2 atom stereocenters. The summed E-state index contributed by atoms with van der Waals surface area (Å²) in [6.07, 6.45) is 0. The summed E-state index contributed by atoms with van der Waals surface area (Å²) in [6, 6.07) is 6.05. The first-order chi connectivity index (χ1) is 8.85. The molecule has 4 nitrogen and oxygen atoms in total.